The number of sulfonamides is 1. The zero-order valence-electron chi connectivity index (χ0n) is 18.0. The van der Waals surface area contributed by atoms with Gasteiger partial charge in [-0.15, -0.1) is 0 Å². The lowest BCUT2D eigenvalue weighted by Crippen LogP contribution is -2.27. The monoisotopic (exact) mass is 453 g/mol. The van der Waals surface area contributed by atoms with Crippen LogP contribution in [0.15, 0.2) is 28.3 Å². The molecule has 0 aliphatic heterocycles. The summed E-state index contributed by atoms with van der Waals surface area (Å²) in [6.07, 6.45) is 6.23. The van der Waals surface area contributed by atoms with Gasteiger partial charge in [-0.25, -0.2) is 17.7 Å². The Hall–Kier alpha value is -1.58. The summed E-state index contributed by atoms with van der Waals surface area (Å²) < 4.78 is 34.5. The second-order valence-corrected chi connectivity index (χ2v) is 10.6. The number of fused-ring (bicyclic) bond motifs is 1. The van der Waals surface area contributed by atoms with Crippen molar-refractivity contribution in [3.63, 3.8) is 0 Å². The fourth-order valence-electron chi connectivity index (χ4n) is 3.84. The standard InChI is InChI=1S/C21H31N3O4S2/c1-4-6-13-23(3)30(26,27)17-11-12-19-18(14-17)22-21(29-15-20(25)28-5-2)24(19)16-9-7-8-10-16/h11-12,14,16H,4-10,13,15H2,1-3H3. The maximum atomic E-state index is 12.9. The maximum absolute atomic E-state index is 12.9. The van der Waals surface area contributed by atoms with Gasteiger partial charge in [-0.2, -0.15) is 0 Å². The summed E-state index contributed by atoms with van der Waals surface area (Å²) in [4.78, 5) is 16.8. The first kappa shape index (κ1) is 23.1. The summed E-state index contributed by atoms with van der Waals surface area (Å²) in [5.41, 5.74) is 1.57. The van der Waals surface area contributed by atoms with Gasteiger partial charge in [0.15, 0.2) is 5.16 Å². The van der Waals surface area contributed by atoms with E-state index in [1.165, 1.54) is 28.9 Å². The molecule has 0 atom stereocenters. The molecule has 0 unspecified atom stereocenters. The quantitative estimate of drug-likeness (QED) is 0.396. The van der Waals surface area contributed by atoms with Gasteiger partial charge in [-0.1, -0.05) is 37.9 Å². The minimum Gasteiger partial charge on any atom is -0.465 e. The third-order valence-corrected chi connectivity index (χ3v) is 8.26. The topological polar surface area (TPSA) is 81.5 Å². The Morgan fingerprint density at radius 3 is 2.70 bits per heavy atom. The van der Waals surface area contributed by atoms with Crippen LogP contribution in [-0.2, 0) is 19.6 Å². The van der Waals surface area contributed by atoms with Crippen molar-refractivity contribution in [3.8, 4) is 0 Å². The molecule has 1 aromatic heterocycles. The number of thioether (sulfide) groups is 1. The summed E-state index contributed by atoms with van der Waals surface area (Å²) >= 11 is 1.36. The van der Waals surface area contributed by atoms with Crippen LogP contribution in [0.5, 0.6) is 0 Å². The molecule has 1 aromatic carbocycles. The number of imidazole rings is 1. The predicted octanol–water partition coefficient (Wildman–Crippen LogP) is 4.23. The Kier molecular flexibility index (Phi) is 7.81. The minimum absolute atomic E-state index is 0.189. The van der Waals surface area contributed by atoms with Gasteiger partial charge in [0.25, 0.3) is 0 Å². The second kappa shape index (κ2) is 10.2. The van der Waals surface area contributed by atoms with Crippen molar-refractivity contribution in [2.45, 2.75) is 68.5 Å². The van der Waals surface area contributed by atoms with E-state index in [1.54, 1.807) is 26.1 Å². The lowest BCUT2D eigenvalue weighted by atomic mass is 10.2. The molecular weight excluding hydrogens is 422 g/mol. The van der Waals surface area contributed by atoms with Gasteiger partial charge in [0.2, 0.25) is 10.0 Å². The molecule has 0 amide bonds. The van der Waals surface area contributed by atoms with Crippen molar-refractivity contribution in [1.29, 1.82) is 0 Å². The molecule has 0 N–H and O–H groups in total. The number of carbonyl (C=O) groups is 1. The molecule has 9 heteroatoms. The van der Waals surface area contributed by atoms with Crippen LogP contribution in [0.4, 0.5) is 0 Å². The Morgan fingerprint density at radius 2 is 2.03 bits per heavy atom. The van der Waals surface area contributed by atoms with Gasteiger partial charge in [0.1, 0.15) is 0 Å². The van der Waals surface area contributed by atoms with E-state index in [4.69, 9.17) is 9.72 Å². The van der Waals surface area contributed by atoms with E-state index in [1.807, 2.05) is 13.0 Å². The molecule has 0 bridgehead atoms. The summed E-state index contributed by atoms with van der Waals surface area (Å²) in [5.74, 6) is -0.0808. The van der Waals surface area contributed by atoms with Crippen molar-refractivity contribution in [1.82, 2.24) is 13.9 Å². The van der Waals surface area contributed by atoms with E-state index < -0.39 is 10.0 Å². The Labute approximate surface area is 183 Å². The molecule has 30 heavy (non-hydrogen) atoms. The van der Waals surface area contributed by atoms with Gasteiger partial charge in [-0.05, 0) is 44.4 Å². The molecular formula is C21H31N3O4S2. The highest BCUT2D eigenvalue weighted by Crippen LogP contribution is 2.37. The molecule has 1 fully saturated rings. The highest BCUT2D eigenvalue weighted by atomic mass is 32.2. The average Bonchev–Trinajstić information content (AvgIpc) is 3.37. The van der Waals surface area contributed by atoms with Gasteiger partial charge < -0.3 is 9.30 Å². The molecule has 2 aromatic rings. The highest BCUT2D eigenvalue weighted by Gasteiger charge is 2.26. The molecule has 7 nitrogen and oxygen atoms in total. The molecule has 1 aliphatic rings. The summed E-state index contributed by atoms with van der Waals surface area (Å²) in [7, 11) is -1.94. The molecule has 1 aliphatic carbocycles. The van der Waals surface area contributed by atoms with Crippen LogP contribution < -0.4 is 0 Å². The first-order valence-corrected chi connectivity index (χ1v) is 13.1. The largest absolute Gasteiger partial charge is 0.465 e. The number of esters is 1. The minimum atomic E-state index is -3.56. The van der Waals surface area contributed by atoms with E-state index in [-0.39, 0.29) is 16.6 Å². The smallest absolute Gasteiger partial charge is 0.316 e. The number of carbonyl (C=O) groups excluding carboxylic acids is 1. The van der Waals surface area contributed by atoms with Crippen molar-refractivity contribution < 1.29 is 17.9 Å². The number of benzene rings is 1. The third-order valence-electron chi connectivity index (χ3n) is 5.48. The predicted molar refractivity (Wildman–Crippen MR) is 119 cm³/mol. The van der Waals surface area contributed by atoms with Crippen LogP contribution in [0.3, 0.4) is 0 Å². The van der Waals surface area contributed by atoms with Crippen molar-refractivity contribution >= 4 is 38.8 Å². The van der Waals surface area contributed by atoms with E-state index in [0.29, 0.717) is 24.7 Å². The van der Waals surface area contributed by atoms with Gasteiger partial charge in [0, 0.05) is 19.6 Å². The Balaban J connectivity index is 1.96. The Morgan fingerprint density at radius 1 is 1.30 bits per heavy atom. The summed E-state index contributed by atoms with van der Waals surface area (Å²) in [6, 6.07) is 5.52. The number of nitrogens with zero attached hydrogens (tertiary/aromatic N) is 3. The van der Waals surface area contributed by atoms with Crippen molar-refractivity contribution in [2.24, 2.45) is 0 Å². The van der Waals surface area contributed by atoms with Crippen LogP contribution in [0.2, 0.25) is 0 Å². The Bertz CT molecular complexity index is 982. The molecule has 1 saturated carbocycles. The van der Waals surface area contributed by atoms with E-state index in [0.717, 1.165) is 36.4 Å². The van der Waals surface area contributed by atoms with Gasteiger partial charge in [-0.3, -0.25) is 4.79 Å². The lowest BCUT2D eigenvalue weighted by Gasteiger charge is -2.17. The molecule has 0 radical (unpaired) electrons. The van der Waals surface area contributed by atoms with E-state index in [2.05, 4.69) is 4.57 Å². The summed E-state index contributed by atoms with van der Waals surface area (Å²) in [6.45, 7) is 4.67. The average molecular weight is 454 g/mol. The second-order valence-electron chi connectivity index (χ2n) is 7.63. The first-order valence-electron chi connectivity index (χ1n) is 10.6. The van der Waals surface area contributed by atoms with Crippen LogP contribution >= 0.6 is 11.8 Å². The number of rotatable bonds is 10. The molecule has 0 spiro atoms. The van der Waals surface area contributed by atoms with Crippen LogP contribution in [0.25, 0.3) is 11.0 Å². The van der Waals surface area contributed by atoms with E-state index >= 15 is 0 Å². The molecule has 166 valence electrons. The van der Waals surface area contributed by atoms with Gasteiger partial charge in [0.05, 0.1) is 28.3 Å². The highest BCUT2D eigenvalue weighted by molar-refractivity contribution is 7.99. The number of unbranched alkanes of at least 4 members (excludes halogenated alkanes) is 1. The normalized spacial score (nSPS) is 15.3. The third kappa shape index (κ3) is 5.00. The van der Waals surface area contributed by atoms with Crippen LogP contribution in [0.1, 0.15) is 58.4 Å². The molecule has 1 heterocycles. The maximum Gasteiger partial charge on any atom is 0.316 e. The fraction of sp³-hybridized carbons (Fsp3) is 0.619. The summed E-state index contributed by atoms with van der Waals surface area (Å²) in [5, 5.41) is 0.749. The van der Waals surface area contributed by atoms with Crippen LogP contribution in [-0.4, -0.2) is 54.2 Å². The fourth-order valence-corrected chi connectivity index (χ4v) is 5.95. The number of aromatic nitrogens is 2. The lowest BCUT2D eigenvalue weighted by molar-refractivity contribution is -0.139. The number of ether oxygens (including phenoxy) is 1. The molecule has 3 rings (SSSR count). The first-order chi connectivity index (χ1) is 14.4. The van der Waals surface area contributed by atoms with E-state index in [9.17, 15) is 13.2 Å². The number of hydrogen-bond donors (Lipinski definition) is 0. The van der Waals surface area contributed by atoms with Crippen molar-refractivity contribution in [2.75, 3.05) is 26.0 Å². The SMILES string of the molecule is CCCCN(C)S(=O)(=O)c1ccc2c(c1)nc(SCC(=O)OCC)n2C1CCCC1. The van der Waals surface area contributed by atoms with Crippen LogP contribution in [0, 0.1) is 0 Å². The zero-order chi connectivity index (χ0) is 21.7. The van der Waals surface area contributed by atoms with Gasteiger partial charge >= 0.3 is 5.97 Å². The van der Waals surface area contributed by atoms with Crippen molar-refractivity contribution in [3.05, 3.63) is 18.2 Å². The molecule has 0 saturated heterocycles. The zero-order valence-corrected chi connectivity index (χ0v) is 19.6. The number of hydrogen-bond acceptors (Lipinski definition) is 6.